The Morgan fingerprint density at radius 2 is 1.06 bits per heavy atom. The zero-order valence-electron chi connectivity index (χ0n) is 17.2. The SMILES string of the molecule is O=C(O)c1c(C(=O)O)c2c(C(=O)O)c(Cl)c(Cl)c3c4c(Cl)c(Cl)cc5cccc(c(c1C(=O)O)c23)c54. The van der Waals surface area contributed by atoms with E-state index in [1.165, 1.54) is 12.1 Å². The van der Waals surface area contributed by atoms with Gasteiger partial charge in [-0.2, -0.15) is 0 Å². The second-order valence-corrected chi connectivity index (χ2v) is 9.34. The molecular weight excluding hydrogens is 558 g/mol. The first kappa shape index (κ1) is 24.1. The van der Waals surface area contributed by atoms with Crippen LogP contribution in [0.15, 0.2) is 24.3 Å². The van der Waals surface area contributed by atoms with Gasteiger partial charge in [0.1, 0.15) is 0 Å². The molecule has 0 bridgehead atoms. The van der Waals surface area contributed by atoms with Crippen LogP contribution in [0.3, 0.4) is 0 Å². The lowest BCUT2D eigenvalue weighted by Crippen LogP contribution is -2.18. The summed E-state index contributed by atoms with van der Waals surface area (Å²) in [6.45, 7) is 0. The first-order chi connectivity index (χ1) is 16.9. The van der Waals surface area contributed by atoms with Crippen LogP contribution >= 0.6 is 46.4 Å². The molecule has 0 amide bonds. The van der Waals surface area contributed by atoms with E-state index < -0.39 is 56.5 Å². The summed E-state index contributed by atoms with van der Waals surface area (Å²) in [4.78, 5) is 49.5. The lowest BCUT2D eigenvalue weighted by Gasteiger charge is -2.23. The highest BCUT2D eigenvalue weighted by Gasteiger charge is 2.36. The van der Waals surface area contributed by atoms with Gasteiger partial charge in [0.15, 0.2) is 0 Å². The molecule has 12 heteroatoms. The number of carbonyl (C=O) groups is 4. The number of hydrogen-bond donors (Lipinski definition) is 4. The Kier molecular flexibility index (Phi) is 5.35. The van der Waals surface area contributed by atoms with Crippen LogP contribution in [-0.2, 0) is 0 Å². The number of halogens is 4. The van der Waals surface area contributed by atoms with E-state index in [1.54, 1.807) is 12.1 Å². The number of fused-ring (bicyclic) bond motifs is 2. The summed E-state index contributed by atoms with van der Waals surface area (Å²) in [5.74, 6) is -7.22. The Morgan fingerprint density at radius 3 is 1.61 bits per heavy atom. The molecule has 0 aliphatic carbocycles. The minimum atomic E-state index is -1.89. The zero-order valence-corrected chi connectivity index (χ0v) is 20.3. The van der Waals surface area contributed by atoms with E-state index in [4.69, 9.17) is 46.4 Å². The summed E-state index contributed by atoms with van der Waals surface area (Å²) < 4.78 is 0. The second-order valence-electron chi connectivity index (χ2n) is 7.80. The predicted octanol–water partition coefficient (Wildman–Crippen LogP) is 7.14. The third-order valence-corrected chi connectivity index (χ3v) is 7.70. The predicted molar refractivity (Wildman–Crippen MR) is 136 cm³/mol. The molecule has 0 atom stereocenters. The van der Waals surface area contributed by atoms with Crippen LogP contribution in [0.4, 0.5) is 0 Å². The van der Waals surface area contributed by atoms with E-state index in [0.717, 1.165) is 0 Å². The number of aromatic carboxylic acids is 4. The van der Waals surface area contributed by atoms with Crippen LogP contribution in [0.25, 0.3) is 43.1 Å². The lowest BCUT2D eigenvalue weighted by molar-refractivity contribution is 0.0635. The van der Waals surface area contributed by atoms with Crippen molar-refractivity contribution in [2.24, 2.45) is 0 Å². The normalized spacial score (nSPS) is 11.7. The summed E-state index contributed by atoms with van der Waals surface area (Å²) in [7, 11) is 0. The lowest BCUT2D eigenvalue weighted by atomic mass is 9.81. The Morgan fingerprint density at radius 1 is 0.528 bits per heavy atom. The maximum Gasteiger partial charge on any atom is 0.337 e. The van der Waals surface area contributed by atoms with Gasteiger partial charge in [-0.25, -0.2) is 19.2 Å². The van der Waals surface area contributed by atoms with Gasteiger partial charge < -0.3 is 20.4 Å². The highest BCUT2D eigenvalue weighted by Crippen LogP contribution is 2.52. The van der Waals surface area contributed by atoms with E-state index in [0.29, 0.717) is 10.8 Å². The highest BCUT2D eigenvalue weighted by atomic mass is 35.5. The van der Waals surface area contributed by atoms with Crippen LogP contribution < -0.4 is 0 Å². The smallest absolute Gasteiger partial charge is 0.337 e. The van der Waals surface area contributed by atoms with Crippen molar-refractivity contribution in [3.8, 4) is 0 Å². The van der Waals surface area contributed by atoms with Crippen LogP contribution in [0.5, 0.6) is 0 Å². The van der Waals surface area contributed by atoms with E-state index >= 15 is 0 Å². The summed E-state index contributed by atoms with van der Waals surface area (Å²) in [6, 6.07) is 6.20. The van der Waals surface area contributed by atoms with Gasteiger partial charge >= 0.3 is 23.9 Å². The molecule has 0 heterocycles. The molecule has 0 fully saturated rings. The van der Waals surface area contributed by atoms with Crippen molar-refractivity contribution in [2.45, 2.75) is 0 Å². The molecule has 0 radical (unpaired) electrons. The maximum absolute atomic E-state index is 12.5. The van der Waals surface area contributed by atoms with Crippen LogP contribution in [0, 0.1) is 0 Å². The van der Waals surface area contributed by atoms with Crippen molar-refractivity contribution in [2.75, 3.05) is 0 Å². The maximum atomic E-state index is 12.5. The number of hydrogen-bond acceptors (Lipinski definition) is 4. The molecule has 0 aliphatic rings. The van der Waals surface area contributed by atoms with E-state index in [-0.39, 0.29) is 42.0 Å². The van der Waals surface area contributed by atoms with Gasteiger partial charge in [-0.15, -0.1) is 0 Å². The fourth-order valence-corrected chi connectivity index (χ4v) is 5.89. The first-order valence-corrected chi connectivity index (χ1v) is 11.3. The average Bonchev–Trinajstić information content (AvgIpc) is 2.79. The number of rotatable bonds is 4. The first-order valence-electron chi connectivity index (χ1n) is 9.79. The minimum Gasteiger partial charge on any atom is -0.478 e. The number of carboxylic acids is 4. The molecule has 0 saturated heterocycles. The largest absolute Gasteiger partial charge is 0.478 e. The zero-order chi connectivity index (χ0) is 26.4. The Balaban J connectivity index is 2.43. The fourth-order valence-electron chi connectivity index (χ4n) is 4.88. The van der Waals surface area contributed by atoms with Crippen LogP contribution in [-0.4, -0.2) is 44.3 Å². The molecule has 180 valence electrons. The summed E-state index contributed by atoms with van der Waals surface area (Å²) in [6.07, 6.45) is 0. The summed E-state index contributed by atoms with van der Waals surface area (Å²) in [5.41, 5.74) is -3.82. The molecule has 5 rings (SSSR count). The number of carboxylic acid groups (broad SMARTS) is 4. The van der Waals surface area contributed by atoms with Crippen molar-refractivity contribution in [1.29, 1.82) is 0 Å². The molecule has 36 heavy (non-hydrogen) atoms. The van der Waals surface area contributed by atoms with Crippen molar-refractivity contribution in [1.82, 2.24) is 0 Å². The standard InChI is InChI=1S/C24H8Cl4O8/c25-7-4-5-2-1-3-6-8(5)12(18(7)26)13-10-9(6)14(21(29)30)16(23(33)34)15(22(31)32)11(10)17(24(35)36)20(28)19(13)27/h1-4H,(H,29,30)(H,31,32)(H,33,34)(H,35,36). The van der Waals surface area contributed by atoms with Crippen LogP contribution in [0.2, 0.25) is 20.1 Å². The molecular formula is C24H8Cl4O8. The molecule has 0 saturated carbocycles. The van der Waals surface area contributed by atoms with Gasteiger partial charge in [-0.1, -0.05) is 64.6 Å². The molecule has 0 unspecified atom stereocenters. The molecule has 5 aromatic carbocycles. The molecule has 8 nitrogen and oxygen atoms in total. The molecule has 0 aliphatic heterocycles. The van der Waals surface area contributed by atoms with Gasteiger partial charge in [0.25, 0.3) is 0 Å². The highest BCUT2D eigenvalue weighted by molar-refractivity contribution is 6.56. The summed E-state index contributed by atoms with van der Waals surface area (Å²) >= 11 is 25.8. The topological polar surface area (TPSA) is 149 Å². The van der Waals surface area contributed by atoms with Gasteiger partial charge in [0.05, 0.1) is 42.3 Å². The molecule has 0 spiro atoms. The van der Waals surface area contributed by atoms with Gasteiger partial charge in [0, 0.05) is 26.9 Å². The van der Waals surface area contributed by atoms with E-state index in [1.807, 2.05) is 0 Å². The Bertz CT molecular complexity index is 1890. The minimum absolute atomic E-state index is 0.0272. The molecule has 5 aromatic rings. The second kappa shape index (κ2) is 7.97. The van der Waals surface area contributed by atoms with Gasteiger partial charge in [-0.05, 0) is 22.2 Å². The van der Waals surface area contributed by atoms with Crippen molar-refractivity contribution >= 4 is 113 Å². The Labute approximate surface area is 219 Å². The van der Waals surface area contributed by atoms with Crippen LogP contribution in [0.1, 0.15) is 41.4 Å². The third-order valence-electron chi connectivity index (χ3n) is 6.06. The number of benzene rings is 5. The summed E-state index contributed by atoms with van der Waals surface area (Å²) in [5, 5.41) is 39.3. The fraction of sp³-hybridized carbons (Fsp3) is 0. The monoisotopic (exact) mass is 564 g/mol. The quantitative estimate of drug-likeness (QED) is 0.132. The van der Waals surface area contributed by atoms with Gasteiger partial charge in [0.2, 0.25) is 0 Å². The van der Waals surface area contributed by atoms with Gasteiger partial charge in [-0.3, -0.25) is 0 Å². The van der Waals surface area contributed by atoms with Crippen molar-refractivity contribution in [3.63, 3.8) is 0 Å². The molecule has 0 aromatic heterocycles. The Hall–Kier alpha value is -3.56. The van der Waals surface area contributed by atoms with Crippen molar-refractivity contribution in [3.05, 3.63) is 66.6 Å². The third kappa shape index (κ3) is 2.96. The van der Waals surface area contributed by atoms with E-state index in [9.17, 15) is 39.6 Å². The average molecular weight is 566 g/mol. The van der Waals surface area contributed by atoms with E-state index in [2.05, 4.69) is 0 Å². The van der Waals surface area contributed by atoms with Crippen molar-refractivity contribution < 1.29 is 39.6 Å². The molecule has 4 N–H and O–H groups in total.